The zero-order chi connectivity index (χ0) is 25.5. The van der Waals surface area contributed by atoms with Gasteiger partial charge in [0, 0.05) is 29.0 Å². The summed E-state index contributed by atoms with van der Waals surface area (Å²) in [6.45, 7) is 1.97. The predicted molar refractivity (Wildman–Crippen MR) is 140 cm³/mol. The standard InChI is InChI=1S/C30H24N2O5/c1-18-16-20-17-19(9-14-24(20)37-18)28(33)26-27(25-8-5-15-36-25)32(30(35)29(26)34)23-12-10-22(11-13-23)31-21-6-3-2-4-7-21/h2-15,17-18,27,31,33H,16H2,1H3/b28-26-. The molecule has 1 fully saturated rings. The van der Waals surface area contributed by atoms with E-state index in [2.05, 4.69) is 5.32 Å². The van der Waals surface area contributed by atoms with E-state index in [4.69, 9.17) is 9.15 Å². The van der Waals surface area contributed by atoms with Crippen molar-refractivity contribution in [2.75, 3.05) is 10.2 Å². The third-order valence-electron chi connectivity index (χ3n) is 6.63. The summed E-state index contributed by atoms with van der Waals surface area (Å²) in [6, 6.07) is 24.7. The Bertz CT molecular complexity index is 1510. The summed E-state index contributed by atoms with van der Waals surface area (Å²) in [4.78, 5) is 28.0. The van der Waals surface area contributed by atoms with Crippen molar-refractivity contribution in [1.82, 2.24) is 0 Å². The van der Waals surface area contributed by atoms with Crippen LogP contribution in [0.3, 0.4) is 0 Å². The molecule has 7 heteroatoms. The average Bonchev–Trinajstić information content (AvgIpc) is 3.63. The van der Waals surface area contributed by atoms with Crippen LogP contribution < -0.4 is 15.0 Å². The van der Waals surface area contributed by atoms with E-state index >= 15 is 0 Å². The zero-order valence-electron chi connectivity index (χ0n) is 20.0. The minimum Gasteiger partial charge on any atom is -0.507 e. The van der Waals surface area contributed by atoms with Gasteiger partial charge in [0.2, 0.25) is 0 Å². The Hall–Kier alpha value is -4.78. The molecule has 0 saturated carbocycles. The fourth-order valence-corrected chi connectivity index (χ4v) is 4.93. The predicted octanol–water partition coefficient (Wildman–Crippen LogP) is 5.97. The first kappa shape index (κ1) is 22.7. The Morgan fingerprint density at radius 1 is 0.946 bits per heavy atom. The molecule has 184 valence electrons. The van der Waals surface area contributed by atoms with Crippen LogP contribution in [0, 0.1) is 0 Å². The SMILES string of the molecule is CC1Cc2cc(/C(O)=C3/C(=O)C(=O)N(c4ccc(Nc5ccccc5)cc4)C3c3ccco3)ccc2O1. The quantitative estimate of drug-likeness (QED) is 0.203. The van der Waals surface area contributed by atoms with Gasteiger partial charge in [0.1, 0.15) is 29.4 Å². The van der Waals surface area contributed by atoms with E-state index in [1.54, 1.807) is 36.4 Å². The number of hydrogen-bond acceptors (Lipinski definition) is 6. The van der Waals surface area contributed by atoms with E-state index in [1.807, 2.05) is 55.5 Å². The Morgan fingerprint density at radius 2 is 1.70 bits per heavy atom. The lowest BCUT2D eigenvalue weighted by atomic mass is 9.97. The van der Waals surface area contributed by atoms with Crippen LogP contribution in [0.4, 0.5) is 17.1 Å². The van der Waals surface area contributed by atoms with Crippen molar-refractivity contribution >= 4 is 34.5 Å². The van der Waals surface area contributed by atoms with Gasteiger partial charge in [0.25, 0.3) is 11.7 Å². The van der Waals surface area contributed by atoms with Crippen molar-refractivity contribution in [2.45, 2.75) is 25.5 Å². The Balaban J connectivity index is 1.39. The maximum atomic E-state index is 13.3. The number of Topliss-reactive ketones (excluding diaryl/α,β-unsaturated/α-hetero) is 1. The van der Waals surface area contributed by atoms with E-state index in [9.17, 15) is 14.7 Å². The summed E-state index contributed by atoms with van der Waals surface area (Å²) >= 11 is 0. The maximum Gasteiger partial charge on any atom is 0.300 e. The number of fused-ring (bicyclic) bond motifs is 1. The van der Waals surface area contributed by atoms with Crippen molar-refractivity contribution in [3.05, 3.63) is 114 Å². The maximum absolute atomic E-state index is 13.3. The minimum absolute atomic E-state index is 0.0154. The molecular formula is C30H24N2O5. The van der Waals surface area contributed by atoms with Gasteiger partial charge in [-0.1, -0.05) is 18.2 Å². The number of nitrogens with zero attached hydrogens (tertiary/aromatic N) is 1. The molecule has 2 aliphatic rings. The topological polar surface area (TPSA) is 92.0 Å². The van der Waals surface area contributed by atoms with Crippen LogP contribution >= 0.6 is 0 Å². The Morgan fingerprint density at radius 3 is 2.43 bits per heavy atom. The molecule has 2 atom stereocenters. The van der Waals surface area contributed by atoms with Gasteiger partial charge < -0.3 is 19.6 Å². The first-order valence-corrected chi connectivity index (χ1v) is 12.1. The molecule has 0 spiro atoms. The monoisotopic (exact) mass is 492 g/mol. The molecule has 3 heterocycles. The van der Waals surface area contributed by atoms with Gasteiger partial charge in [0.15, 0.2) is 0 Å². The number of para-hydroxylation sites is 1. The molecule has 1 saturated heterocycles. The van der Waals surface area contributed by atoms with Gasteiger partial charge in [-0.3, -0.25) is 14.5 Å². The number of benzene rings is 3. The largest absolute Gasteiger partial charge is 0.507 e. The number of nitrogens with one attached hydrogen (secondary N) is 1. The number of carbonyl (C=O) groups excluding carboxylic acids is 2. The van der Waals surface area contributed by atoms with Gasteiger partial charge in [-0.15, -0.1) is 0 Å². The molecule has 1 amide bonds. The second-order valence-electron chi connectivity index (χ2n) is 9.18. The highest BCUT2D eigenvalue weighted by Gasteiger charge is 2.48. The van der Waals surface area contributed by atoms with Gasteiger partial charge in [0.05, 0.1) is 11.8 Å². The molecule has 0 bridgehead atoms. The summed E-state index contributed by atoms with van der Waals surface area (Å²) in [7, 11) is 0. The van der Waals surface area contributed by atoms with Crippen LogP contribution in [-0.4, -0.2) is 22.9 Å². The number of anilines is 3. The molecule has 6 rings (SSSR count). The summed E-state index contributed by atoms with van der Waals surface area (Å²) in [5.74, 6) is -0.603. The van der Waals surface area contributed by atoms with Crippen LogP contribution in [0.2, 0.25) is 0 Å². The lowest BCUT2D eigenvalue weighted by Crippen LogP contribution is -2.29. The highest BCUT2D eigenvalue weighted by molar-refractivity contribution is 6.51. The van der Waals surface area contributed by atoms with Crippen molar-refractivity contribution in [2.24, 2.45) is 0 Å². The van der Waals surface area contributed by atoms with E-state index in [-0.39, 0.29) is 17.4 Å². The van der Waals surface area contributed by atoms with Crippen LogP contribution in [0.1, 0.15) is 29.9 Å². The zero-order valence-corrected chi connectivity index (χ0v) is 20.0. The minimum atomic E-state index is -0.911. The number of carbonyl (C=O) groups is 2. The highest BCUT2D eigenvalue weighted by atomic mass is 16.5. The Labute approximate surface area is 213 Å². The summed E-state index contributed by atoms with van der Waals surface area (Å²) in [5.41, 5.74) is 3.65. The number of aliphatic hydroxyl groups is 1. The lowest BCUT2D eigenvalue weighted by molar-refractivity contribution is -0.132. The van der Waals surface area contributed by atoms with E-state index in [1.165, 1.54) is 11.2 Å². The third kappa shape index (κ3) is 4.04. The smallest absolute Gasteiger partial charge is 0.300 e. The Kier molecular flexibility index (Phi) is 5.53. The first-order chi connectivity index (χ1) is 18.0. The fraction of sp³-hybridized carbons (Fsp3) is 0.133. The first-order valence-electron chi connectivity index (χ1n) is 12.1. The molecule has 3 aromatic carbocycles. The highest BCUT2D eigenvalue weighted by Crippen LogP contribution is 2.43. The number of ketones is 1. The van der Waals surface area contributed by atoms with Crippen molar-refractivity contribution < 1.29 is 23.8 Å². The third-order valence-corrected chi connectivity index (χ3v) is 6.63. The number of rotatable bonds is 5. The van der Waals surface area contributed by atoms with E-state index in [0.29, 0.717) is 23.4 Å². The number of aliphatic hydroxyl groups excluding tert-OH is 1. The number of ether oxygens (including phenoxy) is 1. The lowest BCUT2D eigenvalue weighted by Gasteiger charge is -2.23. The molecule has 4 aromatic rings. The molecule has 37 heavy (non-hydrogen) atoms. The van der Waals surface area contributed by atoms with E-state index < -0.39 is 17.7 Å². The van der Waals surface area contributed by atoms with Crippen LogP contribution in [0.5, 0.6) is 5.75 Å². The molecule has 1 aromatic heterocycles. The number of furan rings is 1. The van der Waals surface area contributed by atoms with Crippen molar-refractivity contribution in [3.8, 4) is 5.75 Å². The molecule has 0 radical (unpaired) electrons. The summed E-state index contributed by atoms with van der Waals surface area (Å²) in [6.07, 6.45) is 2.23. The average molecular weight is 493 g/mol. The molecular weight excluding hydrogens is 468 g/mol. The molecule has 2 unspecified atom stereocenters. The molecule has 7 nitrogen and oxygen atoms in total. The molecule has 0 aliphatic carbocycles. The summed E-state index contributed by atoms with van der Waals surface area (Å²) < 4.78 is 11.4. The second kappa shape index (κ2) is 9.02. The molecule has 2 N–H and O–H groups in total. The molecule has 2 aliphatic heterocycles. The van der Waals surface area contributed by atoms with Gasteiger partial charge in [-0.2, -0.15) is 0 Å². The normalized spacial score (nSPS) is 20.1. The van der Waals surface area contributed by atoms with Crippen LogP contribution in [-0.2, 0) is 16.0 Å². The number of amides is 1. The van der Waals surface area contributed by atoms with E-state index in [0.717, 1.165) is 22.7 Å². The number of hydrogen-bond donors (Lipinski definition) is 2. The summed E-state index contributed by atoms with van der Waals surface area (Å²) in [5, 5.41) is 14.6. The van der Waals surface area contributed by atoms with Crippen molar-refractivity contribution in [3.63, 3.8) is 0 Å². The van der Waals surface area contributed by atoms with Gasteiger partial charge in [-0.05, 0) is 79.2 Å². The van der Waals surface area contributed by atoms with Crippen LogP contribution in [0.15, 0.2) is 101 Å². The van der Waals surface area contributed by atoms with Crippen molar-refractivity contribution in [1.29, 1.82) is 0 Å². The fourth-order valence-electron chi connectivity index (χ4n) is 4.93. The van der Waals surface area contributed by atoms with Crippen LogP contribution in [0.25, 0.3) is 5.76 Å². The van der Waals surface area contributed by atoms with Gasteiger partial charge >= 0.3 is 0 Å². The van der Waals surface area contributed by atoms with Gasteiger partial charge in [-0.25, -0.2) is 0 Å². The second-order valence-corrected chi connectivity index (χ2v) is 9.18.